The molecule has 2 heteroatoms. The second-order valence-electron chi connectivity index (χ2n) is 5.57. The summed E-state index contributed by atoms with van der Waals surface area (Å²) in [6, 6.07) is 7.93. The number of carbonyl (C=O) groups is 1. The van der Waals surface area contributed by atoms with Gasteiger partial charge in [-0.2, -0.15) is 0 Å². The van der Waals surface area contributed by atoms with Gasteiger partial charge in [0.25, 0.3) is 0 Å². The molecule has 2 nitrogen and oxygen atoms in total. The summed E-state index contributed by atoms with van der Waals surface area (Å²) in [7, 11) is 0. The van der Waals surface area contributed by atoms with Gasteiger partial charge in [0, 0.05) is 29.8 Å². The van der Waals surface area contributed by atoms with Crippen LogP contribution in [0.15, 0.2) is 24.3 Å². The van der Waals surface area contributed by atoms with Crippen LogP contribution in [0.1, 0.15) is 49.9 Å². The Kier molecular flexibility index (Phi) is 4.05. The van der Waals surface area contributed by atoms with Gasteiger partial charge in [0.05, 0.1) is 0 Å². The van der Waals surface area contributed by atoms with E-state index in [1.165, 1.54) is 31.4 Å². The van der Waals surface area contributed by atoms with Gasteiger partial charge in [0.15, 0.2) is 0 Å². The van der Waals surface area contributed by atoms with Crippen molar-refractivity contribution >= 4 is 12.0 Å². The molecule has 0 spiro atoms. The number of hydrogen-bond acceptors (Lipinski definition) is 2. The van der Waals surface area contributed by atoms with Gasteiger partial charge in [-0.15, -0.1) is 0 Å². The molecule has 1 aliphatic heterocycles. The van der Waals surface area contributed by atoms with Crippen LogP contribution in [0.5, 0.6) is 0 Å². The van der Waals surface area contributed by atoms with Crippen LogP contribution >= 0.6 is 0 Å². The van der Waals surface area contributed by atoms with E-state index in [0.29, 0.717) is 5.41 Å². The van der Waals surface area contributed by atoms with Crippen molar-refractivity contribution in [2.75, 3.05) is 18.0 Å². The summed E-state index contributed by atoms with van der Waals surface area (Å²) in [5, 5.41) is 0. The van der Waals surface area contributed by atoms with Crippen molar-refractivity contribution in [1.82, 2.24) is 0 Å². The first kappa shape index (κ1) is 13.1. The smallest absolute Gasteiger partial charge is 0.150 e. The number of aldehydes is 1. The first-order valence-corrected chi connectivity index (χ1v) is 7.03. The standard InChI is InChI=1S/C16H23NO/c1-3-8-16(9-4-2)12-17(13-16)15-7-5-6-14(10-15)11-18/h5-7,10-11H,3-4,8-9,12-13H2,1-2H3. The molecule has 0 aliphatic carbocycles. The average molecular weight is 245 g/mol. The van der Waals surface area contributed by atoms with Crippen LogP contribution in [0.4, 0.5) is 5.69 Å². The van der Waals surface area contributed by atoms with Gasteiger partial charge in [-0.25, -0.2) is 0 Å². The Bertz CT molecular complexity index is 399. The summed E-state index contributed by atoms with van der Waals surface area (Å²) in [5.41, 5.74) is 2.50. The van der Waals surface area contributed by atoms with Gasteiger partial charge >= 0.3 is 0 Å². The molecule has 1 aromatic carbocycles. The lowest BCUT2D eigenvalue weighted by Crippen LogP contribution is -2.56. The number of hydrogen-bond donors (Lipinski definition) is 0. The highest BCUT2D eigenvalue weighted by atomic mass is 16.1. The molecule has 0 bridgehead atoms. The maximum Gasteiger partial charge on any atom is 0.150 e. The van der Waals surface area contributed by atoms with Crippen molar-refractivity contribution in [3.63, 3.8) is 0 Å². The Morgan fingerprint density at radius 2 is 1.89 bits per heavy atom. The third-order valence-electron chi connectivity index (χ3n) is 3.98. The lowest BCUT2D eigenvalue weighted by Gasteiger charge is -2.52. The summed E-state index contributed by atoms with van der Waals surface area (Å²) in [6.45, 7) is 6.84. The van der Waals surface area contributed by atoms with Crippen LogP contribution in [-0.4, -0.2) is 19.4 Å². The number of benzene rings is 1. The molecular weight excluding hydrogens is 222 g/mol. The second-order valence-corrected chi connectivity index (χ2v) is 5.57. The first-order chi connectivity index (χ1) is 8.73. The summed E-state index contributed by atoms with van der Waals surface area (Å²) >= 11 is 0. The molecule has 0 aromatic heterocycles. The van der Waals surface area contributed by atoms with E-state index in [-0.39, 0.29) is 0 Å². The number of carbonyl (C=O) groups excluding carboxylic acids is 1. The number of anilines is 1. The molecule has 1 saturated heterocycles. The summed E-state index contributed by atoms with van der Waals surface area (Å²) < 4.78 is 0. The molecule has 0 unspecified atom stereocenters. The molecule has 18 heavy (non-hydrogen) atoms. The van der Waals surface area contributed by atoms with Crippen molar-refractivity contribution in [3.05, 3.63) is 29.8 Å². The monoisotopic (exact) mass is 245 g/mol. The third kappa shape index (κ3) is 2.58. The van der Waals surface area contributed by atoms with Crippen molar-refractivity contribution in [2.24, 2.45) is 5.41 Å². The molecule has 0 radical (unpaired) electrons. The molecule has 1 aliphatic rings. The van der Waals surface area contributed by atoms with Gasteiger partial charge < -0.3 is 4.90 Å². The van der Waals surface area contributed by atoms with Gasteiger partial charge in [0.1, 0.15) is 6.29 Å². The van der Waals surface area contributed by atoms with Crippen LogP contribution < -0.4 is 4.90 Å². The van der Waals surface area contributed by atoms with Gasteiger partial charge in [0.2, 0.25) is 0 Å². The second kappa shape index (κ2) is 5.55. The fourth-order valence-electron chi connectivity index (χ4n) is 3.24. The molecule has 1 fully saturated rings. The largest absolute Gasteiger partial charge is 0.370 e. The SMILES string of the molecule is CCCC1(CCC)CN(c2cccc(C=O)c2)C1. The Morgan fingerprint density at radius 3 is 2.44 bits per heavy atom. The van der Waals surface area contributed by atoms with Crippen molar-refractivity contribution in [2.45, 2.75) is 39.5 Å². The number of rotatable bonds is 6. The molecule has 0 atom stereocenters. The fraction of sp³-hybridized carbons (Fsp3) is 0.562. The van der Waals surface area contributed by atoms with E-state index in [1.807, 2.05) is 18.2 Å². The van der Waals surface area contributed by atoms with Crippen LogP contribution in [0.2, 0.25) is 0 Å². The van der Waals surface area contributed by atoms with E-state index in [9.17, 15) is 4.79 Å². The topological polar surface area (TPSA) is 20.3 Å². The predicted octanol–water partition coefficient (Wildman–Crippen LogP) is 3.91. The highest BCUT2D eigenvalue weighted by molar-refractivity contribution is 5.77. The first-order valence-electron chi connectivity index (χ1n) is 7.03. The van der Waals surface area contributed by atoms with Crippen molar-refractivity contribution in [1.29, 1.82) is 0 Å². The Hall–Kier alpha value is -1.31. The molecule has 0 N–H and O–H groups in total. The molecule has 98 valence electrons. The Morgan fingerprint density at radius 1 is 1.22 bits per heavy atom. The van der Waals surface area contributed by atoms with Gasteiger partial charge in [-0.3, -0.25) is 4.79 Å². The van der Waals surface area contributed by atoms with E-state index < -0.39 is 0 Å². The van der Waals surface area contributed by atoms with Crippen LogP contribution in [0.25, 0.3) is 0 Å². The zero-order valence-corrected chi connectivity index (χ0v) is 11.5. The predicted molar refractivity (Wildman–Crippen MR) is 76.3 cm³/mol. The highest BCUT2D eigenvalue weighted by Gasteiger charge is 2.41. The van der Waals surface area contributed by atoms with E-state index in [0.717, 1.165) is 24.9 Å². The Labute approximate surface area is 110 Å². The molecule has 1 aromatic rings. The molecule has 2 rings (SSSR count). The van der Waals surface area contributed by atoms with E-state index >= 15 is 0 Å². The van der Waals surface area contributed by atoms with E-state index in [4.69, 9.17) is 0 Å². The minimum Gasteiger partial charge on any atom is -0.370 e. The van der Waals surface area contributed by atoms with Crippen molar-refractivity contribution in [3.8, 4) is 0 Å². The third-order valence-corrected chi connectivity index (χ3v) is 3.98. The maximum atomic E-state index is 10.8. The summed E-state index contributed by atoms with van der Waals surface area (Å²) in [4.78, 5) is 13.2. The highest BCUT2D eigenvalue weighted by Crippen LogP contribution is 2.41. The zero-order chi connectivity index (χ0) is 13.0. The quantitative estimate of drug-likeness (QED) is 0.708. The van der Waals surface area contributed by atoms with E-state index in [2.05, 4.69) is 24.8 Å². The lowest BCUT2D eigenvalue weighted by molar-refractivity contribution is 0.112. The zero-order valence-electron chi connectivity index (χ0n) is 11.5. The van der Waals surface area contributed by atoms with Crippen molar-refractivity contribution < 1.29 is 4.79 Å². The molecule has 1 heterocycles. The molecule has 0 saturated carbocycles. The minimum atomic E-state index is 0.528. The fourth-order valence-corrected chi connectivity index (χ4v) is 3.24. The normalized spacial score (nSPS) is 17.3. The average Bonchev–Trinajstić information content (AvgIpc) is 2.35. The van der Waals surface area contributed by atoms with Crippen LogP contribution in [-0.2, 0) is 0 Å². The summed E-state index contributed by atoms with van der Waals surface area (Å²) in [6.07, 6.45) is 6.11. The number of nitrogens with zero attached hydrogens (tertiary/aromatic N) is 1. The van der Waals surface area contributed by atoms with E-state index in [1.54, 1.807) is 0 Å². The summed E-state index contributed by atoms with van der Waals surface area (Å²) in [5.74, 6) is 0. The maximum absolute atomic E-state index is 10.8. The lowest BCUT2D eigenvalue weighted by atomic mass is 9.72. The minimum absolute atomic E-state index is 0.528. The Balaban J connectivity index is 2.03. The molecular formula is C16H23NO. The van der Waals surface area contributed by atoms with Gasteiger partial charge in [-0.1, -0.05) is 38.8 Å². The van der Waals surface area contributed by atoms with Crippen LogP contribution in [0, 0.1) is 5.41 Å². The van der Waals surface area contributed by atoms with Crippen LogP contribution in [0.3, 0.4) is 0 Å². The molecule has 0 amide bonds. The van der Waals surface area contributed by atoms with Gasteiger partial charge in [-0.05, 0) is 25.0 Å².